The summed E-state index contributed by atoms with van der Waals surface area (Å²) in [6.45, 7) is 1.89. The van der Waals surface area contributed by atoms with Gasteiger partial charge in [-0.3, -0.25) is 9.69 Å². The number of rotatable bonds is 4. The van der Waals surface area contributed by atoms with Crippen LogP contribution < -0.4 is 25.0 Å². The first-order valence-corrected chi connectivity index (χ1v) is 12.2. The van der Waals surface area contributed by atoms with Gasteiger partial charge in [-0.15, -0.1) is 0 Å². The Morgan fingerprint density at radius 2 is 1.88 bits per heavy atom. The number of carbonyl (C=O) groups is 1. The molecule has 6 nitrogen and oxygen atoms in total. The average molecular weight is 559 g/mol. The van der Waals surface area contributed by atoms with Gasteiger partial charge in [0, 0.05) is 26.4 Å². The summed E-state index contributed by atoms with van der Waals surface area (Å²) in [7, 11) is 1.60. The molecule has 0 aliphatic carbocycles. The van der Waals surface area contributed by atoms with E-state index >= 15 is 0 Å². The molecule has 1 amide bonds. The van der Waals surface area contributed by atoms with Crippen molar-refractivity contribution in [3.8, 4) is 11.5 Å². The molecule has 2 N–H and O–H groups in total. The van der Waals surface area contributed by atoms with E-state index in [4.69, 9.17) is 33.3 Å². The van der Waals surface area contributed by atoms with Gasteiger partial charge in [0.25, 0.3) is 0 Å². The fraction of sp³-hybridized carbons (Fsp3) is 0.200. The van der Waals surface area contributed by atoms with E-state index in [9.17, 15) is 4.79 Å². The van der Waals surface area contributed by atoms with E-state index in [0.29, 0.717) is 27.3 Å². The number of para-hydroxylation sites is 1. The van der Waals surface area contributed by atoms with E-state index in [1.165, 1.54) is 0 Å². The first-order valence-electron chi connectivity index (χ1n) is 10.6. The Morgan fingerprint density at radius 1 is 1.18 bits per heavy atom. The molecule has 1 fully saturated rings. The molecule has 0 aromatic heterocycles. The number of thiocarbonyl (C=S) groups is 1. The average Bonchev–Trinajstić information content (AvgIpc) is 2.81. The minimum Gasteiger partial charge on any atom is -0.493 e. The highest BCUT2D eigenvalue weighted by molar-refractivity contribution is 9.10. The Bertz CT molecular complexity index is 1270. The van der Waals surface area contributed by atoms with Gasteiger partial charge in [-0.25, -0.2) is 0 Å². The highest BCUT2D eigenvalue weighted by Crippen LogP contribution is 2.52. The van der Waals surface area contributed by atoms with Gasteiger partial charge in [0.05, 0.1) is 13.2 Å². The van der Waals surface area contributed by atoms with Crippen molar-refractivity contribution in [2.75, 3.05) is 17.3 Å². The van der Waals surface area contributed by atoms with Crippen LogP contribution in [-0.4, -0.2) is 23.9 Å². The minimum absolute atomic E-state index is 0.208. The maximum Gasteiger partial charge on any atom is 0.236 e. The van der Waals surface area contributed by atoms with E-state index in [1.54, 1.807) is 31.4 Å². The van der Waals surface area contributed by atoms with Crippen LogP contribution in [0.4, 0.5) is 11.4 Å². The quantitative estimate of drug-likeness (QED) is 0.388. The summed E-state index contributed by atoms with van der Waals surface area (Å²) in [6.07, 6.45) is 0. The summed E-state index contributed by atoms with van der Waals surface area (Å²) >= 11 is 15.3. The lowest BCUT2D eigenvalue weighted by Crippen LogP contribution is -2.72. The third-order valence-corrected chi connectivity index (χ3v) is 7.27. The lowest BCUT2D eigenvalue weighted by atomic mass is 9.78. The second kappa shape index (κ2) is 8.76. The smallest absolute Gasteiger partial charge is 0.236 e. The molecule has 2 bridgehead atoms. The number of nitrogens with zero attached hydrogens (tertiary/aromatic N) is 1. The van der Waals surface area contributed by atoms with Crippen LogP contribution in [0.3, 0.4) is 0 Å². The summed E-state index contributed by atoms with van der Waals surface area (Å²) in [5.41, 5.74) is 1.11. The molecule has 3 atom stereocenters. The van der Waals surface area contributed by atoms with Crippen LogP contribution in [0.5, 0.6) is 11.5 Å². The molecule has 1 saturated heterocycles. The number of halogens is 2. The number of carbonyl (C=O) groups excluding carboxylic acids is 1. The molecule has 5 rings (SSSR count). The monoisotopic (exact) mass is 557 g/mol. The summed E-state index contributed by atoms with van der Waals surface area (Å²) in [5.74, 6) is 0.319. The Balaban J connectivity index is 1.64. The predicted octanol–water partition coefficient (Wildman–Crippen LogP) is 5.91. The number of methoxy groups -OCH3 is 1. The van der Waals surface area contributed by atoms with Crippen LogP contribution in [0, 0.1) is 5.92 Å². The van der Waals surface area contributed by atoms with Gasteiger partial charge in [0.15, 0.2) is 22.3 Å². The zero-order valence-electron chi connectivity index (χ0n) is 18.3. The first-order chi connectivity index (χ1) is 16.3. The SMILES string of the molecule is COc1cccc2c1O[C@@]1(C)[C@@H](C(=O)Nc3ccc(Cl)cc3)[C@H]2NC(=S)N1c1ccc(Br)cc1. The van der Waals surface area contributed by atoms with E-state index in [0.717, 1.165) is 15.7 Å². The van der Waals surface area contributed by atoms with E-state index in [-0.39, 0.29) is 5.91 Å². The molecule has 9 heteroatoms. The third-order valence-electron chi connectivity index (χ3n) is 6.19. The molecular formula is C25H21BrClN3O3S. The van der Waals surface area contributed by atoms with Gasteiger partial charge in [-0.05, 0) is 73.7 Å². The molecule has 2 aliphatic heterocycles. The Morgan fingerprint density at radius 3 is 2.56 bits per heavy atom. The maximum atomic E-state index is 13.8. The standard InChI is InChI=1S/C25H21BrClN3O3S/c1-25-20(23(31)28-16-10-8-15(27)9-11-16)21(18-4-3-5-19(32-2)22(18)33-25)29-24(34)30(25)17-12-6-14(26)7-13-17/h3-13,20-21H,1-2H3,(H,28,31)(H,29,34)/t20-,21+,25+/m1/s1. The van der Waals surface area contributed by atoms with Crippen molar-refractivity contribution in [1.29, 1.82) is 0 Å². The van der Waals surface area contributed by atoms with Crippen molar-refractivity contribution < 1.29 is 14.3 Å². The van der Waals surface area contributed by atoms with Crippen molar-refractivity contribution in [2.45, 2.75) is 18.7 Å². The lowest BCUT2D eigenvalue weighted by molar-refractivity contribution is -0.130. The van der Waals surface area contributed by atoms with Gasteiger partial charge in [0.1, 0.15) is 5.92 Å². The van der Waals surface area contributed by atoms with Crippen molar-refractivity contribution in [3.05, 3.63) is 81.8 Å². The molecule has 2 aliphatic rings. The Labute approximate surface area is 216 Å². The number of amides is 1. The summed E-state index contributed by atoms with van der Waals surface area (Å²) in [6, 6.07) is 19.9. The highest BCUT2D eigenvalue weighted by Gasteiger charge is 2.59. The largest absolute Gasteiger partial charge is 0.493 e. The number of hydrogen-bond donors (Lipinski definition) is 2. The van der Waals surface area contributed by atoms with Crippen LogP contribution in [0.1, 0.15) is 18.5 Å². The fourth-order valence-corrected chi connectivity index (χ4v) is 5.47. The third kappa shape index (κ3) is 3.79. The van der Waals surface area contributed by atoms with Crippen molar-refractivity contribution in [2.24, 2.45) is 5.92 Å². The summed E-state index contributed by atoms with van der Waals surface area (Å²) in [4.78, 5) is 15.7. The van der Waals surface area contributed by atoms with E-state index in [2.05, 4.69) is 26.6 Å². The molecule has 174 valence electrons. The molecule has 2 heterocycles. The van der Waals surface area contributed by atoms with Crippen molar-refractivity contribution >= 4 is 62.1 Å². The molecule has 34 heavy (non-hydrogen) atoms. The number of hydrogen-bond acceptors (Lipinski definition) is 4. The minimum atomic E-state index is -1.14. The first kappa shape index (κ1) is 23.0. The van der Waals surface area contributed by atoms with Crippen molar-refractivity contribution in [1.82, 2.24) is 5.32 Å². The Kier molecular flexibility index (Phi) is 5.91. The van der Waals surface area contributed by atoms with Crippen LogP contribution >= 0.6 is 39.7 Å². The van der Waals surface area contributed by atoms with Crippen LogP contribution in [0.25, 0.3) is 0 Å². The maximum absolute atomic E-state index is 13.8. The molecule has 3 aromatic rings. The number of fused-ring (bicyclic) bond motifs is 4. The van der Waals surface area contributed by atoms with Crippen molar-refractivity contribution in [3.63, 3.8) is 0 Å². The van der Waals surface area contributed by atoms with Gasteiger partial charge >= 0.3 is 0 Å². The molecule has 0 spiro atoms. The molecule has 0 radical (unpaired) electrons. The summed E-state index contributed by atoms with van der Waals surface area (Å²) < 4.78 is 13.2. The van der Waals surface area contributed by atoms with E-state index < -0.39 is 17.7 Å². The zero-order valence-corrected chi connectivity index (χ0v) is 21.5. The number of nitrogens with one attached hydrogen (secondary N) is 2. The second-order valence-electron chi connectivity index (χ2n) is 8.25. The van der Waals surface area contributed by atoms with Gasteiger partial charge in [-0.1, -0.05) is 39.7 Å². The Hall–Kier alpha value is -2.81. The number of benzene rings is 3. The summed E-state index contributed by atoms with van der Waals surface area (Å²) in [5, 5.41) is 7.49. The molecule has 0 saturated carbocycles. The van der Waals surface area contributed by atoms with E-state index in [1.807, 2.05) is 54.3 Å². The molecular weight excluding hydrogens is 538 g/mol. The topological polar surface area (TPSA) is 62.8 Å². The predicted molar refractivity (Wildman–Crippen MR) is 141 cm³/mol. The van der Waals surface area contributed by atoms with Gasteiger partial charge in [0.2, 0.25) is 5.91 Å². The normalized spacial score (nSPS) is 22.8. The zero-order chi connectivity index (χ0) is 24.0. The van der Waals surface area contributed by atoms with Gasteiger partial charge < -0.3 is 20.1 Å². The number of anilines is 2. The fourth-order valence-electron chi connectivity index (χ4n) is 4.66. The van der Waals surface area contributed by atoms with Crippen LogP contribution in [0.2, 0.25) is 5.02 Å². The highest BCUT2D eigenvalue weighted by atomic mass is 79.9. The molecule has 0 unspecified atom stereocenters. The van der Waals surface area contributed by atoms with Crippen LogP contribution in [-0.2, 0) is 4.79 Å². The van der Waals surface area contributed by atoms with Crippen LogP contribution in [0.15, 0.2) is 71.2 Å². The van der Waals surface area contributed by atoms with Gasteiger partial charge in [-0.2, -0.15) is 0 Å². The lowest BCUT2D eigenvalue weighted by Gasteiger charge is -2.56. The molecule has 3 aromatic carbocycles. The number of ether oxygens (including phenoxy) is 2. The second-order valence-corrected chi connectivity index (χ2v) is 9.99.